The number of carbonyl (C=O) groups is 1. The number of benzene rings is 2. The lowest BCUT2D eigenvalue weighted by Gasteiger charge is -2.23. The Morgan fingerprint density at radius 3 is 2.50 bits per heavy atom. The Morgan fingerprint density at radius 2 is 1.82 bits per heavy atom. The topological polar surface area (TPSA) is 63.2 Å². The van der Waals surface area contributed by atoms with Crippen LogP contribution in [0.5, 0.6) is 5.75 Å². The molecule has 1 amide bonds. The SMILES string of the molecule is CC(C)(C)OC(=O)N[C@H]1CCN(C2=NCCOc3ccc(-c4ccc(C(F)(F)F)cc4)cc32)C1. The van der Waals surface area contributed by atoms with Gasteiger partial charge in [-0.15, -0.1) is 0 Å². The molecule has 2 aromatic rings. The molecule has 0 aromatic heterocycles. The number of halogens is 3. The lowest BCUT2D eigenvalue weighted by atomic mass is 10.00. The Balaban J connectivity index is 1.54. The van der Waals surface area contributed by atoms with Crippen LogP contribution in [0.15, 0.2) is 47.5 Å². The maximum absolute atomic E-state index is 12.9. The van der Waals surface area contributed by atoms with Crippen molar-refractivity contribution in [2.24, 2.45) is 4.99 Å². The number of ether oxygens (including phenoxy) is 2. The van der Waals surface area contributed by atoms with Crippen LogP contribution in [0.25, 0.3) is 11.1 Å². The van der Waals surface area contributed by atoms with Crippen molar-refractivity contribution in [2.75, 3.05) is 26.2 Å². The predicted molar refractivity (Wildman–Crippen MR) is 123 cm³/mol. The van der Waals surface area contributed by atoms with Crippen LogP contribution in [0.4, 0.5) is 18.0 Å². The maximum atomic E-state index is 12.9. The predicted octanol–water partition coefficient (Wildman–Crippen LogP) is 5.11. The van der Waals surface area contributed by atoms with Gasteiger partial charge in [0.2, 0.25) is 0 Å². The first-order valence-corrected chi connectivity index (χ1v) is 11.2. The van der Waals surface area contributed by atoms with Crippen LogP contribution in [-0.2, 0) is 10.9 Å². The van der Waals surface area contributed by atoms with E-state index in [2.05, 4.69) is 10.2 Å². The molecule has 0 bridgehead atoms. The van der Waals surface area contributed by atoms with Crippen molar-refractivity contribution in [3.05, 3.63) is 53.6 Å². The molecule has 9 heteroatoms. The minimum Gasteiger partial charge on any atom is -0.491 e. The fourth-order valence-corrected chi connectivity index (χ4v) is 4.07. The van der Waals surface area contributed by atoms with Gasteiger partial charge in [0.05, 0.1) is 23.7 Å². The van der Waals surface area contributed by atoms with Crippen LogP contribution in [-0.4, -0.2) is 54.7 Å². The molecule has 0 unspecified atom stereocenters. The summed E-state index contributed by atoms with van der Waals surface area (Å²) in [6.45, 7) is 7.64. The number of likely N-dealkylation sites (tertiary alicyclic amines) is 1. The van der Waals surface area contributed by atoms with Gasteiger partial charge >= 0.3 is 12.3 Å². The molecular formula is C25H28F3N3O3. The van der Waals surface area contributed by atoms with E-state index in [-0.39, 0.29) is 6.04 Å². The van der Waals surface area contributed by atoms with E-state index in [4.69, 9.17) is 14.5 Å². The van der Waals surface area contributed by atoms with Gasteiger partial charge in [-0.05, 0) is 62.6 Å². The number of amidine groups is 1. The van der Waals surface area contributed by atoms with Gasteiger partial charge in [0.1, 0.15) is 23.8 Å². The average molecular weight is 476 g/mol. The molecule has 2 heterocycles. The van der Waals surface area contributed by atoms with Crippen molar-refractivity contribution in [1.82, 2.24) is 10.2 Å². The van der Waals surface area contributed by atoms with Gasteiger partial charge in [0.25, 0.3) is 0 Å². The van der Waals surface area contributed by atoms with Gasteiger partial charge in [-0.2, -0.15) is 13.2 Å². The second-order valence-electron chi connectivity index (χ2n) is 9.42. The summed E-state index contributed by atoms with van der Waals surface area (Å²) >= 11 is 0. The van der Waals surface area contributed by atoms with Gasteiger partial charge in [-0.3, -0.25) is 4.99 Å². The van der Waals surface area contributed by atoms with Crippen molar-refractivity contribution in [3.63, 3.8) is 0 Å². The van der Waals surface area contributed by atoms with Crippen LogP contribution in [0.1, 0.15) is 38.3 Å². The molecule has 1 saturated heterocycles. The summed E-state index contributed by atoms with van der Waals surface area (Å²) in [7, 11) is 0. The number of hydrogen-bond donors (Lipinski definition) is 1. The number of carbonyl (C=O) groups excluding carboxylic acids is 1. The fourth-order valence-electron chi connectivity index (χ4n) is 4.07. The quantitative estimate of drug-likeness (QED) is 0.656. The lowest BCUT2D eigenvalue weighted by molar-refractivity contribution is -0.137. The molecule has 1 N–H and O–H groups in total. The zero-order valence-corrected chi connectivity index (χ0v) is 19.4. The Hall–Kier alpha value is -3.23. The number of alkyl halides is 3. The molecule has 182 valence electrons. The molecule has 4 rings (SSSR count). The monoisotopic (exact) mass is 475 g/mol. The number of nitrogens with zero attached hydrogens (tertiary/aromatic N) is 2. The van der Waals surface area contributed by atoms with Crippen LogP contribution in [0, 0.1) is 0 Å². The van der Waals surface area contributed by atoms with Crippen LogP contribution >= 0.6 is 0 Å². The molecule has 2 aromatic carbocycles. The highest BCUT2D eigenvalue weighted by Crippen LogP contribution is 2.33. The van der Waals surface area contributed by atoms with Gasteiger partial charge < -0.3 is 19.7 Å². The third-order valence-corrected chi connectivity index (χ3v) is 5.59. The molecule has 6 nitrogen and oxygen atoms in total. The fraction of sp³-hybridized carbons (Fsp3) is 0.440. The molecule has 2 aliphatic rings. The minimum absolute atomic E-state index is 0.0803. The third-order valence-electron chi connectivity index (χ3n) is 5.59. The summed E-state index contributed by atoms with van der Waals surface area (Å²) < 4.78 is 50.0. The number of nitrogens with one attached hydrogen (secondary N) is 1. The zero-order valence-electron chi connectivity index (χ0n) is 19.4. The second-order valence-corrected chi connectivity index (χ2v) is 9.42. The highest BCUT2D eigenvalue weighted by Gasteiger charge is 2.31. The Labute approximate surface area is 196 Å². The van der Waals surface area contributed by atoms with E-state index < -0.39 is 23.4 Å². The van der Waals surface area contributed by atoms with Gasteiger partial charge in [0, 0.05) is 13.1 Å². The molecule has 34 heavy (non-hydrogen) atoms. The maximum Gasteiger partial charge on any atom is 0.416 e. The summed E-state index contributed by atoms with van der Waals surface area (Å²) in [5.41, 5.74) is 0.974. The number of amides is 1. The Morgan fingerprint density at radius 1 is 1.12 bits per heavy atom. The highest BCUT2D eigenvalue weighted by molar-refractivity contribution is 6.02. The van der Waals surface area contributed by atoms with Gasteiger partial charge in [-0.25, -0.2) is 4.79 Å². The Kier molecular flexibility index (Phi) is 6.47. The van der Waals surface area contributed by atoms with Gasteiger partial charge in [-0.1, -0.05) is 18.2 Å². The van der Waals surface area contributed by atoms with E-state index in [9.17, 15) is 18.0 Å². The zero-order chi connectivity index (χ0) is 24.5. The first-order valence-electron chi connectivity index (χ1n) is 11.2. The van der Waals surface area contributed by atoms with Crippen molar-refractivity contribution in [3.8, 4) is 16.9 Å². The molecule has 1 atom stereocenters. The van der Waals surface area contributed by atoms with E-state index in [0.29, 0.717) is 37.6 Å². The number of fused-ring (bicyclic) bond motifs is 1. The molecule has 0 spiro atoms. The first-order chi connectivity index (χ1) is 16.0. The van der Waals surface area contributed by atoms with Crippen molar-refractivity contribution < 1.29 is 27.4 Å². The largest absolute Gasteiger partial charge is 0.491 e. The summed E-state index contributed by atoms with van der Waals surface area (Å²) in [5.74, 6) is 1.44. The second kappa shape index (κ2) is 9.19. The number of hydrogen-bond acceptors (Lipinski definition) is 5. The van der Waals surface area contributed by atoms with Gasteiger partial charge in [0.15, 0.2) is 0 Å². The summed E-state index contributed by atoms with van der Waals surface area (Å²) in [6.07, 6.45) is -4.08. The number of rotatable bonds is 2. The smallest absolute Gasteiger partial charge is 0.416 e. The normalized spacial score (nSPS) is 18.5. The Bertz CT molecular complexity index is 1080. The van der Waals surface area contributed by atoms with Crippen LogP contribution < -0.4 is 10.1 Å². The highest BCUT2D eigenvalue weighted by atomic mass is 19.4. The average Bonchev–Trinajstić information content (AvgIpc) is 3.09. The standard InChI is InChI=1S/C25H28F3N3O3/c1-24(2,3)34-23(32)30-19-10-12-31(15-19)22-20-14-17(6-9-21(20)33-13-11-29-22)16-4-7-18(8-5-16)25(26,27)28/h4-9,14,19H,10-13,15H2,1-3H3,(H,30,32)/t19-/m0/s1. The van der Waals surface area contributed by atoms with Crippen LogP contribution in [0.2, 0.25) is 0 Å². The molecule has 2 aliphatic heterocycles. The molecule has 1 fully saturated rings. The number of aliphatic imine (C=N–C) groups is 1. The van der Waals surface area contributed by atoms with Crippen molar-refractivity contribution in [2.45, 2.75) is 45.0 Å². The summed E-state index contributed by atoms with van der Waals surface area (Å²) in [4.78, 5) is 19.0. The van der Waals surface area contributed by atoms with Crippen LogP contribution in [0.3, 0.4) is 0 Å². The number of alkyl carbamates (subject to hydrolysis) is 1. The molecule has 0 saturated carbocycles. The minimum atomic E-state index is -4.38. The van der Waals surface area contributed by atoms with Crippen molar-refractivity contribution >= 4 is 11.9 Å². The van der Waals surface area contributed by atoms with Crippen molar-refractivity contribution in [1.29, 1.82) is 0 Å². The lowest BCUT2D eigenvalue weighted by Crippen LogP contribution is -2.41. The molecular weight excluding hydrogens is 447 g/mol. The summed E-state index contributed by atoms with van der Waals surface area (Å²) in [5, 5.41) is 2.92. The van der Waals surface area contributed by atoms with E-state index >= 15 is 0 Å². The van der Waals surface area contributed by atoms with E-state index in [0.717, 1.165) is 35.5 Å². The summed E-state index contributed by atoms with van der Waals surface area (Å²) in [6, 6.07) is 10.6. The van der Waals surface area contributed by atoms with E-state index in [1.54, 1.807) is 0 Å². The molecule has 0 aliphatic carbocycles. The van der Waals surface area contributed by atoms with E-state index in [1.165, 1.54) is 12.1 Å². The third kappa shape index (κ3) is 5.63. The first kappa shape index (κ1) is 23.9. The molecule has 0 radical (unpaired) electrons. The van der Waals surface area contributed by atoms with E-state index in [1.807, 2.05) is 39.0 Å².